The highest BCUT2D eigenvalue weighted by Gasteiger charge is 2.26. The van der Waals surface area contributed by atoms with Gasteiger partial charge in [0, 0.05) is 32.0 Å². The summed E-state index contributed by atoms with van der Waals surface area (Å²) in [5.41, 5.74) is 0. The lowest BCUT2D eigenvalue weighted by atomic mass is 10.1. The van der Waals surface area contributed by atoms with E-state index >= 15 is 0 Å². The van der Waals surface area contributed by atoms with Crippen LogP contribution in [0.15, 0.2) is 24.3 Å². The van der Waals surface area contributed by atoms with Crippen LogP contribution in [0.3, 0.4) is 0 Å². The molecule has 0 bridgehead atoms. The number of carbonyl (C=O) groups excluding carboxylic acids is 2. The molecule has 1 aliphatic rings. The molecule has 33 heavy (non-hydrogen) atoms. The van der Waals surface area contributed by atoms with Crippen molar-refractivity contribution in [2.75, 3.05) is 33.7 Å². The highest BCUT2D eigenvalue weighted by Crippen LogP contribution is 2.14. The molecule has 0 aromatic rings. The van der Waals surface area contributed by atoms with Crippen LogP contribution in [0.2, 0.25) is 0 Å². The predicted octanol–water partition coefficient (Wildman–Crippen LogP) is 5.86. The standard InChI is InChI=1S/C28H51N3O2/c1-4-5-6-7-8-9-10-11-12-13-14-15-16-17-18-21-28(33)31-24-22-26(25-31)29-27(32)20-19-23-30(2)3/h8-9,11-12,26H,4-7,10,13-25H2,1-3H3,(H,29,32)/b9-8-,12-11-/t26-/m1/s1. The third-order valence-electron chi connectivity index (χ3n) is 6.26. The Labute approximate surface area is 204 Å². The summed E-state index contributed by atoms with van der Waals surface area (Å²) in [4.78, 5) is 28.5. The van der Waals surface area contributed by atoms with Crippen molar-refractivity contribution in [2.45, 2.75) is 109 Å². The van der Waals surface area contributed by atoms with Gasteiger partial charge >= 0.3 is 0 Å². The molecule has 190 valence electrons. The van der Waals surface area contributed by atoms with Crippen LogP contribution in [-0.2, 0) is 9.59 Å². The molecule has 0 spiro atoms. The van der Waals surface area contributed by atoms with Crippen LogP contribution in [0.25, 0.3) is 0 Å². The molecule has 0 radical (unpaired) electrons. The molecule has 5 nitrogen and oxygen atoms in total. The molecule has 0 aromatic carbocycles. The van der Waals surface area contributed by atoms with Gasteiger partial charge in [0.05, 0.1) is 0 Å². The maximum atomic E-state index is 12.5. The number of unbranched alkanes of at least 4 members (excludes halogenated alkanes) is 8. The number of amides is 2. The highest BCUT2D eigenvalue weighted by molar-refractivity contribution is 5.78. The van der Waals surface area contributed by atoms with E-state index in [4.69, 9.17) is 0 Å². The third-order valence-corrected chi connectivity index (χ3v) is 6.26. The molecule has 0 saturated carbocycles. The topological polar surface area (TPSA) is 52.7 Å². The van der Waals surface area contributed by atoms with Crippen molar-refractivity contribution < 1.29 is 9.59 Å². The van der Waals surface area contributed by atoms with Gasteiger partial charge in [0.25, 0.3) is 0 Å². The maximum absolute atomic E-state index is 12.5. The number of rotatable bonds is 19. The molecule has 0 aromatic heterocycles. The van der Waals surface area contributed by atoms with Crippen molar-refractivity contribution in [1.29, 1.82) is 0 Å². The molecular weight excluding hydrogens is 410 g/mol. The first-order valence-electron chi connectivity index (χ1n) is 13.5. The fraction of sp³-hybridized carbons (Fsp3) is 0.786. The maximum Gasteiger partial charge on any atom is 0.222 e. The zero-order chi connectivity index (χ0) is 24.2. The van der Waals surface area contributed by atoms with E-state index in [1.54, 1.807) is 0 Å². The smallest absolute Gasteiger partial charge is 0.222 e. The molecule has 2 amide bonds. The molecule has 1 aliphatic heterocycles. The lowest BCUT2D eigenvalue weighted by Crippen LogP contribution is -2.38. The SMILES string of the molecule is CCCCC/C=C\C/C=C\CCCCCCCC(=O)N1CC[C@@H](NC(=O)CCCN(C)C)C1. The van der Waals surface area contributed by atoms with Crippen LogP contribution in [0, 0.1) is 0 Å². The van der Waals surface area contributed by atoms with Crippen LogP contribution < -0.4 is 5.32 Å². The Bertz CT molecular complexity index is 571. The Morgan fingerprint density at radius 2 is 1.55 bits per heavy atom. The quantitative estimate of drug-likeness (QED) is 0.194. The molecule has 1 heterocycles. The average molecular weight is 462 g/mol. The number of likely N-dealkylation sites (tertiary alicyclic amines) is 1. The molecule has 1 fully saturated rings. The van der Waals surface area contributed by atoms with Crippen LogP contribution in [-0.4, -0.2) is 61.4 Å². The fourth-order valence-electron chi connectivity index (χ4n) is 4.21. The first-order chi connectivity index (χ1) is 16.0. The molecule has 1 rings (SSSR count). The lowest BCUT2D eigenvalue weighted by molar-refractivity contribution is -0.130. The van der Waals surface area contributed by atoms with Gasteiger partial charge < -0.3 is 15.1 Å². The van der Waals surface area contributed by atoms with E-state index in [0.717, 1.165) is 45.2 Å². The van der Waals surface area contributed by atoms with Crippen molar-refractivity contribution >= 4 is 11.8 Å². The predicted molar refractivity (Wildman–Crippen MR) is 140 cm³/mol. The minimum absolute atomic E-state index is 0.116. The minimum Gasteiger partial charge on any atom is -0.352 e. The molecule has 1 N–H and O–H groups in total. The zero-order valence-electron chi connectivity index (χ0n) is 21.8. The summed E-state index contributed by atoms with van der Waals surface area (Å²) in [7, 11) is 4.04. The summed E-state index contributed by atoms with van der Waals surface area (Å²) >= 11 is 0. The van der Waals surface area contributed by atoms with Gasteiger partial charge in [-0.05, 0) is 72.0 Å². The van der Waals surface area contributed by atoms with Crippen molar-refractivity contribution in [2.24, 2.45) is 0 Å². The van der Waals surface area contributed by atoms with Crippen LogP contribution in [0.1, 0.15) is 103 Å². The molecule has 5 heteroatoms. The summed E-state index contributed by atoms with van der Waals surface area (Å²) in [6, 6.07) is 0.130. The van der Waals surface area contributed by atoms with Gasteiger partial charge in [-0.15, -0.1) is 0 Å². The monoisotopic (exact) mass is 461 g/mol. The van der Waals surface area contributed by atoms with Crippen LogP contribution >= 0.6 is 0 Å². The first kappa shape index (κ1) is 29.4. The van der Waals surface area contributed by atoms with Gasteiger partial charge in [0.15, 0.2) is 0 Å². The largest absolute Gasteiger partial charge is 0.352 e. The number of nitrogens with one attached hydrogen (secondary N) is 1. The molecule has 0 unspecified atom stereocenters. The van der Waals surface area contributed by atoms with Crippen LogP contribution in [0.4, 0.5) is 0 Å². The Kier molecular flexibility index (Phi) is 17.7. The normalized spacial score (nSPS) is 16.5. The van der Waals surface area contributed by atoms with E-state index in [1.165, 1.54) is 51.4 Å². The molecule has 1 saturated heterocycles. The molecule has 0 aliphatic carbocycles. The van der Waals surface area contributed by atoms with E-state index in [1.807, 2.05) is 19.0 Å². The number of nitrogens with zero attached hydrogens (tertiary/aromatic N) is 2. The summed E-state index contributed by atoms with van der Waals surface area (Å²) in [6.45, 7) is 4.63. The van der Waals surface area contributed by atoms with E-state index in [2.05, 4.69) is 41.4 Å². The van der Waals surface area contributed by atoms with Crippen molar-refractivity contribution in [1.82, 2.24) is 15.1 Å². The van der Waals surface area contributed by atoms with E-state index < -0.39 is 0 Å². The number of hydrogen-bond donors (Lipinski definition) is 1. The van der Waals surface area contributed by atoms with E-state index in [0.29, 0.717) is 19.4 Å². The Hall–Kier alpha value is -1.62. The third kappa shape index (κ3) is 16.6. The second-order valence-electron chi connectivity index (χ2n) is 9.78. The summed E-state index contributed by atoms with van der Waals surface area (Å²) in [5, 5.41) is 3.10. The second kappa shape index (κ2) is 19.8. The Morgan fingerprint density at radius 1 is 0.879 bits per heavy atom. The molecular formula is C28H51N3O2. The van der Waals surface area contributed by atoms with Gasteiger partial charge in [0.2, 0.25) is 11.8 Å². The van der Waals surface area contributed by atoms with Gasteiger partial charge in [0.1, 0.15) is 0 Å². The molecule has 1 atom stereocenters. The zero-order valence-corrected chi connectivity index (χ0v) is 21.8. The second-order valence-corrected chi connectivity index (χ2v) is 9.78. The summed E-state index contributed by atoms with van der Waals surface area (Å²) < 4.78 is 0. The minimum atomic E-state index is 0.116. The van der Waals surface area contributed by atoms with Gasteiger partial charge in [-0.3, -0.25) is 9.59 Å². The van der Waals surface area contributed by atoms with E-state index in [-0.39, 0.29) is 17.9 Å². The van der Waals surface area contributed by atoms with Crippen molar-refractivity contribution in [3.8, 4) is 0 Å². The van der Waals surface area contributed by atoms with Gasteiger partial charge in [-0.2, -0.15) is 0 Å². The van der Waals surface area contributed by atoms with Crippen molar-refractivity contribution in [3.63, 3.8) is 0 Å². The Balaban J connectivity index is 1.96. The Morgan fingerprint density at radius 3 is 2.24 bits per heavy atom. The van der Waals surface area contributed by atoms with Gasteiger partial charge in [-0.1, -0.05) is 63.3 Å². The van der Waals surface area contributed by atoms with Gasteiger partial charge in [-0.25, -0.2) is 0 Å². The van der Waals surface area contributed by atoms with Crippen molar-refractivity contribution in [3.05, 3.63) is 24.3 Å². The first-order valence-corrected chi connectivity index (χ1v) is 13.5. The fourth-order valence-corrected chi connectivity index (χ4v) is 4.21. The number of allylic oxidation sites excluding steroid dienone is 4. The van der Waals surface area contributed by atoms with E-state index in [9.17, 15) is 9.59 Å². The number of hydrogen-bond acceptors (Lipinski definition) is 3. The number of carbonyl (C=O) groups is 2. The highest BCUT2D eigenvalue weighted by atomic mass is 16.2. The average Bonchev–Trinajstić information content (AvgIpc) is 3.24. The van der Waals surface area contributed by atoms with Crippen LogP contribution in [0.5, 0.6) is 0 Å². The lowest BCUT2D eigenvalue weighted by Gasteiger charge is -2.17. The summed E-state index contributed by atoms with van der Waals surface area (Å²) in [6.07, 6.45) is 25.4. The summed E-state index contributed by atoms with van der Waals surface area (Å²) in [5.74, 6) is 0.370.